The summed E-state index contributed by atoms with van der Waals surface area (Å²) < 4.78 is 57.9. The molecule has 0 bridgehead atoms. The number of ether oxygens (including phenoxy) is 3. The SMILES string of the molecule is COc1ccc(S(=O)(=O)N(CCO)CCO[C@H]2C[C@@H](c3ccc(F)cc3)C=C(C(=O)N3CCCC3)O2)cc1. The highest BCUT2D eigenvalue weighted by Gasteiger charge is 2.32. The van der Waals surface area contributed by atoms with E-state index in [-0.39, 0.29) is 54.6 Å². The highest BCUT2D eigenvalue weighted by atomic mass is 32.2. The van der Waals surface area contributed by atoms with Crippen LogP contribution in [0.1, 0.15) is 30.7 Å². The Morgan fingerprint density at radius 1 is 1.11 bits per heavy atom. The summed E-state index contributed by atoms with van der Waals surface area (Å²) >= 11 is 0. The minimum Gasteiger partial charge on any atom is -0.497 e. The molecule has 206 valence electrons. The summed E-state index contributed by atoms with van der Waals surface area (Å²) in [6.07, 6.45) is 3.18. The molecular weight excluding hydrogens is 515 g/mol. The Kier molecular flexibility index (Phi) is 9.37. The van der Waals surface area contributed by atoms with E-state index in [1.807, 2.05) is 0 Å². The normalized spacial score (nSPS) is 19.8. The number of aliphatic hydroxyl groups is 1. The van der Waals surface area contributed by atoms with E-state index in [0.29, 0.717) is 25.3 Å². The molecule has 2 aromatic rings. The summed E-state index contributed by atoms with van der Waals surface area (Å²) in [5, 5.41) is 9.49. The van der Waals surface area contributed by atoms with Crippen molar-refractivity contribution in [2.75, 3.05) is 46.5 Å². The van der Waals surface area contributed by atoms with Gasteiger partial charge in [0.15, 0.2) is 5.76 Å². The van der Waals surface area contributed by atoms with Crippen LogP contribution in [0, 0.1) is 5.82 Å². The van der Waals surface area contributed by atoms with Gasteiger partial charge in [0.1, 0.15) is 11.6 Å². The fourth-order valence-corrected chi connectivity index (χ4v) is 5.99. The molecular formula is C27H33FN2O7S. The maximum Gasteiger partial charge on any atom is 0.288 e. The average molecular weight is 549 g/mol. The Bertz CT molecular complexity index is 1210. The van der Waals surface area contributed by atoms with Gasteiger partial charge in [-0.25, -0.2) is 12.8 Å². The van der Waals surface area contributed by atoms with Gasteiger partial charge >= 0.3 is 0 Å². The number of hydrogen-bond donors (Lipinski definition) is 1. The molecule has 9 nitrogen and oxygen atoms in total. The molecule has 11 heteroatoms. The number of amides is 1. The summed E-state index contributed by atoms with van der Waals surface area (Å²) in [5.41, 5.74) is 0.819. The Morgan fingerprint density at radius 2 is 1.79 bits per heavy atom. The molecule has 1 N–H and O–H groups in total. The summed E-state index contributed by atoms with van der Waals surface area (Å²) in [5.74, 6) is -0.110. The van der Waals surface area contributed by atoms with E-state index >= 15 is 0 Å². The van der Waals surface area contributed by atoms with Crippen molar-refractivity contribution in [2.24, 2.45) is 0 Å². The molecule has 0 aliphatic carbocycles. The van der Waals surface area contributed by atoms with Crippen molar-refractivity contribution in [3.05, 3.63) is 71.7 Å². The van der Waals surface area contributed by atoms with Crippen LogP contribution in [-0.2, 0) is 24.3 Å². The first-order valence-electron chi connectivity index (χ1n) is 12.6. The lowest BCUT2D eigenvalue weighted by molar-refractivity contribution is -0.152. The Morgan fingerprint density at radius 3 is 2.42 bits per heavy atom. The molecule has 0 spiro atoms. The summed E-state index contributed by atoms with van der Waals surface area (Å²) in [4.78, 5) is 14.9. The van der Waals surface area contributed by atoms with E-state index in [1.165, 1.54) is 31.4 Å². The standard InChI is InChI=1S/C27H33FN2O7S/c1-35-23-8-10-24(11-9-23)38(33,34)30(14-16-31)15-17-36-26-19-21(20-4-6-22(28)7-5-20)18-25(37-26)27(32)29-12-2-3-13-29/h4-11,18,21,26,31H,2-3,12-17,19H2,1H3/t21-,26+/m0/s1. The van der Waals surface area contributed by atoms with Crippen molar-refractivity contribution in [3.63, 3.8) is 0 Å². The number of likely N-dealkylation sites (tertiary alicyclic amines) is 1. The molecule has 4 rings (SSSR count). The van der Waals surface area contributed by atoms with Crippen molar-refractivity contribution >= 4 is 15.9 Å². The fourth-order valence-electron chi connectivity index (χ4n) is 4.58. The molecule has 0 unspecified atom stereocenters. The Balaban J connectivity index is 1.45. The van der Waals surface area contributed by atoms with Crippen molar-refractivity contribution in [1.82, 2.24) is 9.21 Å². The summed E-state index contributed by atoms with van der Waals surface area (Å²) in [7, 11) is -2.40. The molecule has 2 atom stereocenters. The van der Waals surface area contributed by atoms with Crippen LogP contribution in [0.2, 0.25) is 0 Å². The molecule has 38 heavy (non-hydrogen) atoms. The average Bonchev–Trinajstić information content (AvgIpc) is 3.47. The second-order valence-electron chi connectivity index (χ2n) is 9.15. The summed E-state index contributed by atoms with van der Waals surface area (Å²) in [6, 6.07) is 12.1. The number of rotatable bonds is 11. The lowest BCUT2D eigenvalue weighted by atomic mass is 9.93. The molecule has 2 heterocycles. The second kappa shape index (κ2) is 12.7. The number of nitrogens with zero attached hydrogens (tertiary/aromatic N) is 2. The van der Waals surface area contributed by atoms with E-state index in [2.05, 4.69) is 0 Å². The molecule has 2 aromatic carbocycles. The Labute approximate surface area is 222 Å². The molecule has 1 amide bonds. The minimum absolute atomic E-state index is 0.0264. The predicted molar refractivity (Wildman–Crippen MR) is 137 cm³/mol. The number of carbonyl (C=O) groups is 1. The van der Waals surface area contributed by atoms with E-state index in [1.54, 1.807) is 35.2 Å². The third-order valence-corrected chi connectivity index (χ3v) is 8.56. The largest absolute Gasteiger partial charge is 0.497 e. The van der Waals surface area contributed by atoms with Crippen LogP contribution < -0.4 is 4.74 Å². The maximum atomic E-state index is 13.5. The van der Waals surface area contributed by atoms with Crippen molar-refractivity contribution in [1.29, 1.82) is 0 Å². The lowest BCUT2D eigenvalue weighted by Crippen LogP contribution is -2.38. The highest BCUT2D eigenvalue weighted by Crippen LogP contribution is 2.32. The number of hydrogen-bond acceptors (Lipinski definition) is 7. The smallest absolute Gasteiger partial charge is 0.288 e. The van der Waals surface area contributed by atoms with Crippen LogP contribution in [0.4, 0.5) is 4.39 Å². The first kappa shape index (κ1) is 28.0. The zero-order chi connectivity index (χ0) is 27.1. The number of methoxy groups -OCH3 is 1. The van der Waals surface area contributed by atoms with Crippen LogP contribution >= 0.6 is 0 Å². The molecule has 0 aromatic heterocycles. The fraction of sp³-hybridized carbons (Fsp3) is 0.444. The number of halogens is 1. The van der Waals surface area contributed by atoms with E-state index in [0.717, 1.165) is 22.7 Å². The van der Waals surface area contributed by atoms with Crippen molar-refractivity contribution < 1.29 is 36.9 Å². The third kappa shape index (κ3) is 6.71. The van der Waals surface area contributed by atoms with Gasteiger partial charge in [-0.3, -0.25) is 4.79 Å². The van der Waals surface area contributed by atoms with Crippen LogP contribution in [0.25, 0.3) is 0 Å². The van der Waals surface area contributed by atoms with Crippen LogP contribution in [0.3, 0.4) is 0 Å². The number of sulfonamides is 1. The first-order valence-corrected chi connectivity index (χ1v) is 14.1. The molecule has 1 fully saturated rings. The number of carbonyl (C=O) groups excluding carboxylic acids is 1. The van der Waals surface area contributed by atoms with Gasteiger partial charge in [0.25, 0.3) is 5.91 Å². The topological polar surface area (TPSA) is 106 Å². The van der Waals surface area contributed by atoms with Crippen LogP contribution in [0.5, 0.6) is 5.75 Å². The second-order valence-corrected chi connectivity index (χ2v) is 11.1. The van der Waals surface area contributed by atoms with E-state index in [4.69, 9.17) is 14.2 Å². The quantitative estimate of drug-likeness (QED) is 0.460. The first-order chi connectivity index (χ1) is 18.3. The van der Waals surface area contributed by atoms with Gasteiger partial charge in [0, 0.05) is 38.5 Å². The zero-order valence-electron chi connectivity index (χ0n) is 21.3. The number of aliphatic hydroxyl groups excluding tert-OH is 1. The molecule has 0 saturated carbocycles. The molecule has 1 saturated heterocycles. The monoisotopic (exact) mass is 548 g/mol. The van der Waals surface area contributed by atoms with Gasteiger partial charge in [-0.2, -0.15) is 4.31 Å². The van der Waals surface area contributed by atoms with E-state index in [9.17, 15) is 22.7 Å². The molecule has 2 aliphatic rings. The highest BCUT2D eigenvalue weighted by molar-refractivity contribution is 7.89. The van der Waals surface area contributed by atoms with Gasteiger partial charge in [-0.05, 0) is 60.9 Å². The predicted octanol–water partition coefficient (Wildman–Crippen LogP) is 2.87. The Hall–Kier alpha value is -2.99. The maximum absolute atomic E-state index is 13.5. The minimum atomic E-state index is -3.89. The zero-order valence-corrected chi connectivity index (χ0v) is 22.1. The van der Waals surface area contributed by atoms with Gasteiger partial charge in [0.05, 0.1) is 25.2 Å². The lowest BCUT2D eigenvalue weighted by Gasteiger charge is -2.31. The molecule has 0 radical (unpaired) electrons. The van der Waals surface area contributed by atoms with Gasteiger partial charge in [0.2, 0.25) is 16.3 Å². The number of allylic oxidation sites excluding steroid dienone is 1. The summed E-state index contributed by atoms with van der Waals surface area (Å²) in [6.45, 7) is 0.785. The molecule has 2 aliphatic heterocycles. The van der Waals surface area contributed by atoms with Gasteiger partial charge in [-0.1, -0.05) is 12.1 Å². The third-order valence-electron chi connectivity index (χ3n) is 6.65. The number of benzene rings is 2. The van der Waals surface area contributed by atoms with Gasteiger partial charge in [-0.15, -0.1) is 0 Å². The van der Waals surface area contributed by atoms with Crippen LogP contribution in [-0.4, -0.2) is 81.4 Å². The van der Waals surface area contributed by atoms with Crippen molar-refractivity contribution in [3.8, 4) is 5.75 Å². The van der Waals surface area contributed by atoms with Crippen LogP contribution in [0.15, 0.2) is 65.3 Å². The van der Waals surface area contributed by atoms with E-state index < -0.39 is 16.3 Å². The van der Waals surface area contributed by atoms with Gasteiger partial charge < -0.3 is 24.2 Å². The van der Waals surface area contributed by atoms with Crippen molar-refractivity contribution in [2.45, 2.75) is 36.4 Å².